The van der Waals surface area contributed by atoms with E-state index in [2.05, 4.69) is 0 Å². The summed E-state index contributed by atoms with van der Waals surface area (Å²) in [7, 11) is 1.58. The molecule has 0 saturated heterocycles. The van der Waals surface area contributed by atoms with E-state index in [0.29, 0.717) is 22.4 Å². The van der Waals surface area contributed by atoms with Gasteiger partial charge in [0.2, 0.25) is 0 Å². The minimum Gasteiger partial charge on any atom is -0.496 e. The van der Waals surface area contributed by atoms with Crippen molar-refractivity contribution in [2.75, 3.05) is 13.7 Å². The normalized spacial score (nSPS) is 21.5. The summed E-state index contributed by atoms with van der Waals surface area (Å²) in [6.45, 7) is 0.298. The van der Waals surface area contributed by atoms with Crippen molar-refractivity contribution in [2.24, 2.45) is 11.7 Å². The maximum atomic E-state index is 10.5. The molecule has 2 rings (SSSR count). The van der Waals surface area contributed by atoms with Crippen molar-refractivity contribution >= 4 is 29.3 Å². The van der Waals surface area contributed by atoms with E-state index in [0.717, 1.165) is 12.0 Å². The Morgan fingerprint density at radius 1 is 1.50 bits per heavy atom. The number of hydrogen-bond acceptors (Lipinski definition) is 3. The molecule has 1 aliphatic carbocycles. The topological polar surface area (TPSA) is 61.6 Å². The number of benzene rings is 1. The number of primary amides is 1. The molecule has 0 aromatic heterocycles. The summed E-state index contributed by atoms with van der Waals surface area (Å²) < 4.78 is 10.1. The van der Waals surface area contributed by atoms with Gasteiger partial charge in [-0.25, -0.2) is 4.79 Å². The zero-order valence-corrected chi connectivity index (χ0v) is 11.3. The number of amides is 1. The van der Waals surface area contributed by atoms with E-state index in [1.54, 1.807) is 19.2 Å². The van der Waals surface area contributed by atoms with Gasteiger partial charge in [-0.05, 0) is 24.5 Å². The Morgan fingerprint density at radius 3 is 2.83 bits per heavy atom. The molecular weight excluding hydrogens is 277 g/mol. The number of carbonyl (C=O) groups excluding carboxylic acids is 1. The Kier molecular flexibility index (Phi) is 3.88. The van der Waals surface area contributed by atoms with Gasteiger partial charge in [-0.15, -0.1) is 0 Å². The molecule has 0 aliphatic heterocycles. The van der Waals surface area contributed by atoms with Crippen molar-refractivity contribution in [2.45, 2.75) is 12.3 Å². The van der Waals surface area contributed by atoms with E-state index in [1.165, 1.54) is 0 Å². The van der Waals surface area contributed by atoms with Crippen LogP contribution in [0.5, 0.6) is 5.75 Å². The van der Waals surface area contributed by atoms with Crippen molar-refractivity contribution in [3.8, 4) is 5.75 Å². The second-order valence-corrected chi connectivity index (χ2v) is 4.99. The smallest absolute Gasteiger partial charge is 0.404 e. The standard InChI is InChI=1S/C12H13Cl2NO3/c1-17-9-3-2-8(13)11(14)10(9)7-4-6(7)5-18-12(15)16/h2-3,6-7H,4-5H2,1H3,(H2,15,16). The molecule has 4 nitrogen and oxygen atoms in total. The van der Waals surface area contributed by atoms with Crippen LogP contribution < -0.4 is 10.5 Å². The molecule has 2 unspecified atom stereocenters. The Morgan fingerprint density at radius 2 is 2.22 bits per heavy atom. The number of carbonyl (C=O) groups is 1. The largest absolute Gasteiger partial charge is 0.496 e. The number of ether oxygens (including phenoxy) is 2. The molecule has 98 valence electrons. The highest BCUT2D eigenvalue weighted by molar-refractivity contribution is 6.42. The van der Waals surface area contributed by atoms with Gasteiger partial charge in [-0.3, -0.25) is 0 Å². The van der Waals surface area contributed by atoms with Gasteiger partial charge in [0.1, 0.15) is 5.75 Å². The van der Waals surface area contributed by atoms with Crippen molar-refractivity contribution in [1.82, 2.24) is 0 Å². The van der Waals surface area contributed by atoms with E-state index in [9.17, 15) is 4.79 Å². The molecular formula is C12H13Cl2NO3. The van der Waals surface area contributed by atoms with Crippen molar-refractivity contribution in [3.05, 3.63) is 27.7 Å². The summed E-state index contributed by atoms with van der Waals surface area (Å²) in [4.78, 5) is 10.5. The highest BCUT2D eigenvalue weighted by Crippen LogP contribution is 2.53. The SMILES string of the molecule is COc1ccc(Cl)c(Cl)c1C1CC1COC(N)=O. The number of rotatable bonds is 4. The van der Waals surface area contributed by atoms with Gasteiger partial charge >= 0.3 is 6.09 Å². The van der Waals surface area contributed by atoms with Gasteiger partial charge in [0.15, 0.2) is 0 Å². The molecule has 2 atom stereocenters. The fraction of sp³-hybridized carbons (Fsp3) is 0.417. The molecule has 6 heteroatoms. The zero-order chi connectivity index (χ0) is 13.3. The lowest BCUT2D eigenvalue weighted by Gasteiger charge is -2.11. The third-order valence-corrected chi connectivity index (χ3v) is 3.86. The first-order valence-electron chi connectivity index (χ1n) is 5.48. The Balaban J connectivity index is 2.15. The van der Waals surface area contributed by atoms with Gasteiger partial charge in [0, 0.05) is 11.5 Å². The molecule has 0 heterocycles. The number of hydrogen-bond donors (Lipinski definition) is 1. The van der Waals surface area contributed by atoms with Crippen LogP contribution in [0.15, 0.2) is 12.1 Å². The monoisotopic (exact) mass is 289 g/mol. The van der Waals surface area contributed by atoms with Crippen LogP contribution in [-0.2, 0) is 4.74 Å². The van der Waals surface area contributed by atoms with Crippen LogP contribution in [0.2, 0.25) is 10.0 Å². The lowest BCUT2D eigenvalue weighted by Crippen LogP contribution is -2.14. The summed E-state index contributed by atoms with van der Waals surface area (Å²) >= 11 is 12.2. The first-order valence-corrected chi connectivity index (χ1v) is 6.24. The highest BCUT2D eigenvalue weighted by Gasteiger charge is 2.42. The lowest BCUT2D eigenvalue weighted by molar-refractivity contribution is 0.151. The number of nitrogens with two attached hydrogens (primary N) is 1. The first kappa shape index (κ1) is 13.3. The van der Waals surface area contributed by atoms with Gasteiger partial charge in [-0.2, -0.15) is 0 Å². The van der Waals surface area contributed by atoms with Crippen LogP contribution in [0, 0.1) is 5.92 Å². The van der Waals surface area contributed by atoms with E-state index in [4.69, 9.17) is 38.4 Å². The molecule has 0 spiro atoms. The van der Waals surface area contributed by atoms with Crippen molar-refractivity contribution < 1.29 is 14.3 Å². The van der Waals surface area contributed by atoms with Gasteiger partial charge < -0.3 is 15.2 Å². The Hall–Kier alpha value is -1.13. The molecule has 2 N–H and O–H groups in total. The quantitative estimate of drug-likeness (QED) is 0.926. The van der Waals surface area contributed by atoms with Gasteiger partial charge in [0.25, 0.3) is 0 Å². The second-order valence-electron chi connectivity index (χ2n) is 4.21. The minimum atomic E-state index is -0.759. The summed E-state index contributed by atoms with van der Waals surface area (Å²) in [6, 6.07) is 3.48. The Labute approximate surface area is 115 Å². The number of methoxy groups -OCH3 is 1. The van der Waals surface area contributed by atoms with Crippen LogP contribution in [0.4, 0.5) is 4.79 Å². The van der Waals surface area contributed by atoms with E-state index < -0.39 is 6.09 Å². The van der Waals surface area contributed by atoms with Crippen LogP contribution in [0.1, 0.15) is 17.9 Å². The molecule has 0 radical (unpaired) electrons. The first-order chi connectivity index (χ1) is 8.54. The predicted octanol–water partition coefficient (Wildman–Crippen LogP) is 3.20. The molecule has 1 aromatic rings. The zero-order valence-electron chi connectivity index (χ0n) is 9.78. The van der Waals surface area contributed by atoms with Crippen LogP contribution >= 0.6 is 23.2 Å². The summed E-state index contributed by atoms with van der Waals surface area (Å²) in [5, 5.41) is 0.997. The predicted molar refractivity (Wildman–Crippen MR) is 69.4 cm³/mol. The lowest BCUT2D eigenvalue weighted by atomic mass is 10.1. The number of halogens is 2. The van der Waals surface area contributed by atoms with Gasteiger partial charge in [0.05, 0.1) is 23.8 Å². The van der Waals surface area contributed by atoms with E-state index in [1.807, 2.05) is 0 Å². The van der Waals surface area contributed by atoms with Crippen molar-refractivity contribution in [3.63, 3.8) is 0 Å². The molecule has 1 aromatic carbocycles. The maximum Gasteiger partial charge on any atom is 0.404 e. The molecule has 18 heavy (non-hydrogen) atoms. The highest BCUT2D eigenvalue weighted by atomic mass is 35.5. The molecule has 0 bridgehead atoms. The van der Waals surface area contributed by atoms with E-state index in [-0.39, 0.29) is 11.8 Å². The fourth-order valence-corrected chi connectivity index (χ4v) is 2.51. The average molecular weight is 290 g/mol. The second kappa shape index (κ2) is 5.24. The maximum absolute atomic E-state index is 10.5. The summed E-state index contributed by atoms with van der Waals surface area (Å²) in [5.74, 6) is 1.13. The third kappa shape index (κ3) is 2.65. The fourth-order valence-electron chi connectivity index (χ4n) is 2.05. The molecule has 1 fully saturated rings. The minimum absolute atomic E-state index is 0.200. The van der Waals surface area contributed by atoms with Crippen molar-refractivity contribution in [1.29, 1.82) is 0 Å². The molecule has 1 amide bonds. The molecule has 1 aliphatic rings. The van der Waals surface area contributed by atoms with E-state index >= 15 is 0 Å². The summed E-state index contributed by atoms with van der Waals surface area (Å²) in [6.07, 6.45) is 0.119. The Bertz CT molecular complexity index is 479. The van der Waals surface area contributed by atoms with Crippen LogP contribution in [0.3, 0.4) is 0 Å². The van der Waals surface area contributed by atoms with Crippen LogP contribution in [0.25, 0.3) is 0 Å². The van der Waals surface area contributed by atoms with Gasteiger partial charge in [-0.1, -0.05) is 23.2 Å². The van der Waals surface area contributed by atoms with Crippen LogP contribution in [-0.4, -0.2) is 19.8 Å². The summed E-state index contributed by atoms with van der Waals surface area (Å²) in [5.41, 5.74) is 5.81. The average Bonchev–Trinajstić information content (AvgIpc) is 3.09. The molecule has 1 saturated carbocycles. The third-order valence-electron chi connectivity index (χ3n) is 3.05.